The summed E-state index contributed by atoms with van der Waals surface area (Å²) in [6.45, 7) is 11.0. The summed E-state index contributed by atoms with van der Waals surface area (Å²) in [5, 5.41) is 5.15. The van der Waals surface area contributed by atoms with Crippen molar-refractivity contribution in [2.45, 2.75) is 98.6 Å². The molecule has 2 rings (SSSR count). The average Bonchev–Trinajstić information content (AvgIpc) is 3.27. The number of Topliss-reactive ketones (excluding diaryl/α,β-unsaturated/α-hetero) is 2. The molecule has 0 aromatic rings. The van der Waals surface area contributed by atoms with Crippen molar-refractivity contribution in [2.75, 3.05) is 14.2 Å². The number of nitrogens with one attached hydrogen (secondary N) is 2. The van der Waals surface area contributed by atoms with Crippen LogP contribution in [0.15, 0.2) is 0 Å². The van der Waals surface area contributed by atoms with Gasteiger partial charge in [0, 0.05) is 0 Å². The molecule has 2 saturated carbocycles. The van der Waals surface area contributed by atoms with Gasteiger partial charge in [0.25, 0.3) is 0 Å². The number of carbonyl (C=O) groups excluding carboxylic acids is 4. The SMILES string of the molecule is CC.CC.COC(=O)NC(C(C)=O)C1CCC1.COC(=O)NC(C(C)=O)C1CCCC1. The highest BCUT2D eigenvalue weighted by Gasteiger charge is 2.32. The average molecular weight is 445 g/mol. The van der Waals surface area contributed by atoms with Crippen LogP contribution in [-0.2, 0) is 19.1 Å². The van der Waals surface area contributed by atoms with Gasteiger partial charge in [-0.25, -0.2) is 9.59 Å². The highest BCUT2D eigenvalue weighted by molar-refractivity contribution is 5.86. The van der Waals surface area contributed by atoms with E-state index in [4.69, 9.17) is 0 Å². The number of amides is 2. The molecule has 0 aromatic carbocycles. The second kappa shape index (κ2) is 18.6. The second-order valence-electron chi connectivity index (χ2n) is 7.18. The molecule has 0 radical (unpaired) electrons. The van der Waals surface area contributed by atoms with E-state index >= 15 is 0 Å². The third-order valence-corrected chi connectivity index (χ3v) is 5.29. The molecule has 0 spiro atoms. The number of hydrogen-bond donors (Lipinski definition) is 2. The van der Waals surface area contributed by atoms with E-state index in [9.17, 15) is 19.2 Å². The molecule has 8 heteroatoms. The van der Waals surface area contributed by atoms with Gasteiger partial charge in [0.1, 0.15) is 0 Å². The number of alkyl carbamates (subject to hydrolysis) is 2. The molecular weight excluding hydrogens is 400 g/mol. The lowest BCUT2D eigenvalue weighted by Gasteiger charge is -2.32. The fourth-order valence-electron chi connectivity index (χ4n) is 3.54. The van der Waals surface area contributed by atoms with Crippen molar-refractivity contribution >= 4 is 23.8 Å². The first kappa shape index (κ1) is 31.1. The van der Waals surface area contributed by atoms with Crippen molar-refractivity contribution in [3.8, 4) is 0 Å². The van der Waals surface area contributed by atoms with Gasteiger partial charge in [-0.3, -0.25) is 9.59 Å². The van der Waals surface area contributed by atoms with Gasteiger partial charge in [-0.15, -0.1) is 0 Å². The molecule has 0 aliphatic heterocycles. The van der Waals surface area contributed by atoms with Gasteiger partial charge >= 0.3 is 12.2 Å². The Hall–Kier alpha value is -2.12. The number of ether oxygens (including phenoxy) is 2. The molecule has 2 N–H and O–H groups in total. The van der Waals surface area contributed by atoms with Crippen molar-refractivity contribution in [3.05, 3.63) is 0 Å². The molecule has 2 amide bonds. The quantitative estimate of drug-likeness (QED) is 0.617. The number of hydrogen-bond acceptors (Lipinski definition) is 6. The molecule has 2 fully saturated rings. The first-order chi connectivity index (χ1) is 14.8. The molecule has 0 saturated heterocycles. The van der Waals surface area contributed by atoms with Gasteiger partial charge in [-0.1, -0.05) is 47.0 Å². The van der Waals surface area contributed by atoms with E-state index in [0.29, 0.717) is 11.8 Å². The van der Waals surface area contributed by atoms with Crippen molar-refractivity contribution < 1.29 is 28.7 Å². The van der Waals surface area contributed by atoms with Crippen LogP contribution in [0.4, 0.5) is 9.59 Å². The van der Waals surface area contributed by atoms with Gasteiger partial charge in [0.05, 0.1) is 26.3 Å². The Balaban J connectivity index is 0. The van der Waals surface area contributed by atoms with Gasteiger partial charge in [-0.2, -0.15) is 0 Å². The Morgan fingerprint density at radius 2 is 0.935 bits per heavy atom. The van der Waals surface area contributed by atoms with Crippen LogP contribution in [0.5, 0.6) is 0 Å². The van der Waals surface area contributed by atoms with Gasteiger partial charge in [0.2, 0.25) is 0 Å². The zero-order valence-electron chi connectivity index (χ0n) is 20.7. The minimum atomic E-state index is -0.521. The molecular formula is C23H44N2O6. The van der Waals surface area contributed by atoms with E-state index in [1.807, 2.05) is 27.7 Å². The summed E-state index contributed by atoms with van der Waals surface area (Å²) in [6, 6.07) is -0.703. The topological polar surface area (TPSA) is 111 Å². The van der Waals surface area contributed by atoms with E-state index in [0.717, 1.165) is 44.9 Å². The Kier molecular flexibility index (Phi) is 18.7. The Morgan fingerprint density at radius 1 is 0.645 bits per heavy atom. The van der Waals surface area contributed by atoms with Crippen LogP contribution in [0.3, 0.4) is 0 Å². The standard InChI is InChI=1S/C10H17NO3.C9H15NO3.2C2H6/c1-7(12)9(11-10(13)14-2)8-5-3-4-6-8;1-6(11)8(7-4-3-5-7)10-9(12)13-2;2*1-2/h8-9H,3-6H2,1-2H3,(H,11,13);7-8H,3-5H2,1-2H3,(H,10,12);2*1-2H3. The minimum Gasteiger partial charge on any atom is -0.453 e. The molecule has 0 aromatic heterocycles. The zero-order valence-corrected chi connectivity index (χ0v) is 20.7. The summed E-state index contributed by atoms with van der Waals surface area (Å²) in [5.41, 5.74) is 0. The van der Waals surface area contributed by atoms with Crippen molar-refractivity contribution in [3.63, 3.8) is 0 Å². The van der Waals surface area contributed by atoms with Crippen LogP contribution in [0.25, 0.3) is 0 Å². The van der Waals surface area contributed by atoms with Crippen LogP contribution in [-0.4, -0.2) is 50.1 Å². The van der Waals surface area contributed by atoms with Crippen LogP contribution in [0, 0.1) is 11.8 Å². The summed E-state index contributed by atoms with van der Waals surface area (Å²) in [7, 11) is 2.61. The maximum Gasteiger partial charge on any atom is 0.407 e. The Bertz CT molecular complexity index is 528. The van der Waals surface area contributed by atoms with E-state index in [1.54, 1.807) is 0 Å². The van der Waals surface area contributed by atoms with Gasteiger partial charge in [0.15, 0.2) is 11.6 Å². The van der Waals surface area contributed by atoms with E-state index in [1.165, 1.54) is 28.1 Å². The first-order valence-corrected chi connectivity index (χ1v) is 11.5. The third-order valence-electron chi connectivity index (χ3n) is 5.29. The zero-order chi connectivity index (χ0) is 24.4. The largest absolute Gasteiger partial charge is 0.453 e. The smallest absolute Gasteiger partial charge is 0.407 e. The highest BCUT2D eigenvalue weighted by atomic mass is 16.5. The molecule has 182 valence electrons. The Morgan fingerprint density at radius 3 is 1.13 bits per heavy atom. The van der Waals surface area contributed by atoms with Crippen molar-refractivity contribution in [1.29, 1.82) is 0 Å². The normalized spacial score (nSPS) is 16.8. The van der Waals surface area contributed by atoms with Crippen molar-refractivity contribution in [2.24, 2.45) is 11.8 Å². The maximum atomic E-state index is 11.3. The van der Waals surface area contributed by atoms with Crippen LogP contribution in [0.2, 0.25) is 0 Å². The predicted octanol–water partition coefficient (Wildman–Crippen LogP) is 4.64. The summed E-state index contributed by atoms with van der Waals surface area (Å²) < 4.78 is 8.94. The molecule has 2 aliphatic carbocycles. The summed E-state index contributed by atoms with van der Waals surface area (Å²) >= 11 is 0. The molecule has 31 heavy (non-hydrogen) atoms. The molecule has 2 unspecified atom stereocenters. The summed E-state index contributed by atoms with van der Waals surface area (Å²) in [6.07, 6.45) is 6.50. The fourth-order valence-corrected chi connectivity index (χ4v) is 3.54. The highest BCUT2D eigenvalue weighted by Crippen LogP contribution is 2.30. The number of ketones is 2. The molecule has 2 aliphatic rings. The van der Waals surface area contributed by atoms with Crippen LogP contribution < -0.4 is 10.6 Å². The number of rotatable bonds is 6. The molecule has 8 nitrogen and oxygen atoms in total. The maximum absolute atomic E-state index is 11.3. The summed E-state index contributed by atoms with van der Waals surface area (Å²) in [5.74, 6) is 0.639. The number of methoxy groups -OCH3 is 2. The van der Waals surface area contributed by atoms with E-state index in [-0.39, 0.29) is 23.7 Å². The predicted molar refractivity (Wildman–Crippen MR) is 122 cm³/mol. The fraction of sp³-hybridized carbons (Fsp3) is 0.826. The molecule has 0 heterocycles. The Labute approximate surface area is 188 Å². The van der Waals surface area contributed by atoms with E-state index < -0.39 is 12.2 Å². The minimum absolute atomic E-state index is 0.00935. The van der Waals surface area contributed by atoms with Gasteiger partial charge in [-0.05, 0) is 51.4 Å². The molecule has 2 atom stereocenters. The van der Waals surface area contributed by atoms with Crippen molar-refractivity contribution in [1.82, 2.24) is 10.6 Å². The lowest BCUT2D eigenvalue weighted by atomic mass is 9.78. The second-order valence-corrected chi connectivity index (χ2v) is 7.18. The lowest BCUT2D eigenvalue weighted by molar-refractivity contribution is -0.121. The first-order valence-electron chi connectivity index (χ1n) is 11.5. The van der Waals surface area contributed by atoms with E-state index in [2.05, 4.69) is 20.1 Å². The van der Waals surface area contributed by atoms with Crippen LogP contribution in [0.1, 0.15) is 86.5 Å². The third kappa shape index (κ3) is 12.4. The van der Waals surface area contributed by atoms with Gasteiger partial charge < -0.3 is 20.1 Å². The van der Waals surface area contributed by atoms with Crippen LogP contribution >= 0.6 is 0 Å². The lowest BCUT2D eigenvalue weighted by Crippen LogP contribution is -2.47. The summed E-state index contributed by atoms with van der Waals surface area (Å²) in [4.78, 5) is 44.4. The molecule has 0 bridgehead atoms. The monoisotopic (exact) mass is 444 g/mol. The number of carbonyl (C=O) groups is 4.